The molecular weight excluding hydrogens is 308 g/mol. The van der Waals surface area contributed by atoms with Crippen molar-refractivity contribution < 1.29 is 14.3 Å². The van der Waals surface area contributed by atoms with Gasteiger partial charge in [-0.3, -0.25) is 9.59 Å². The second-order valence-corrected chi connectivity index (χ2v) is 7.12. The van der Waals surface area contributed by atoms with Gasteiger partial charge in [0, 0.05) is 5.75 Å². The lowest BCUT2D eigenvalue weighted by molar-refractivity contribution is -0.134. The molecule has 0 unspecified atom stereocenters. The SMILES string of the molecule is CCCSS[C@H]1NC(=O)[C@H]1NC(=O)COc1ccccc1. The number of carbonyl (C=O) groups is 2. The molecule has 1 aromatic carbocycles. The summed E-state index contributed by atoms with van der Waals surface area (Å²) in [5.74, 6) is 1.23. The highest BCUT2D eigenvalue weighted by molar-refractivity contribution is 8.77. The molecule has 2 rings (SSSR count). The first-order valence-corrected chi connectivity index (χ1v) is 9.14. The molecule has 2 amide bonds. The zero-order valence-electron chi connectivity index (χ0n) is 11.7. The van der Waals surface area contributed by atoms with E-state index in [-0.39, 0.29) is 23.8 Å². The maximum atomic E-state index is 11.8. The Bertz CT molecular complexity index is 484. The molecule has 7 heteroatoms. The quantitative estimate of drug-likeness (QED) is 0.433. The Kier molecular flexibility index (Phi) is 6.25. The Hall–Kier alpha value is -1.34. The molecule has 1 aromatic rings. The van der Waals surface area contributed by atoms with Gasteiger partial charge >= 0.3 is 0 Å². The van der Waals surface area contributed by atoms with Crippen molar-refractivity contribution in [1.29, 1.82) is 0 Å². The van der Waals surface area contributed by atoms with Gasteiger partial charge in [-0.05, 0) is 18.6 Å². The van der Waals surface area contributed by atoms with Gasteiger partial charge in [-0.15, -0.1) is 0 Å². The van der Waals surface area contributed by atoms with Crippen molar-refractivity contribution in [3.05, 3.63) is 30.3 Å². The van der Waals surface area contributed by atoms with Crippen molar-refractivity contribution in [2.45, 2.75) is 24.8 Å². The zero-order chi connectivity index (χ0) is 15.1. The maximum Gasteiger partial charge on any atom is 0.258 e. The number of rotatable bonds is 8. The van der Waals surface area contributed by atoms with Crippen LogP contribution in [0, 0.1) is 0 Å². The Labute approximate surface area is 132 Å². The number of nitrogens with one attached hydrogen (secondary N) is 2. The van der Waals surface area contributed by atoms with Gasteiger partial charge in [-0.25, -0.2) is 0 Å². The lowest BCUT2D eigenvalue weighted by atomic mass is 10.1. The number of carbonyl (C=O) groups excluding carboxylic acids is 2. The smallest absolute Gasteiger partial charge is 0.258 e. The predicted octanol–water partition coefficient (Wildman–Crippen LogP) is 1.80. The van der Waals surface area contributed by atoms with Gasteiger partial charge in [-0.2, -0.15) is 0 Å². The number of hydrogen-bond donors (Lipinski definition) is 2. The molecule has 1 saturated heterocycles. The van der Waals surface area contributed by atoms with Crippen molar-refractivity contribution in [2.75, 3.05) is 12.4 Å². The van der Waals surface area contributed by atoms with Crippen LogP contribution < -0.4 is 15.4 Å². The molecule has 2 N–H and O–H groups in total. The maximum absolute atomic E-state index is 11.8. The average molecular weight is 326 g/mol. The van der Waals surface area contributed by atoms with Crippen LogP contribution in [0.25, 0.3) is 0 Å². The number of para-hydroxylation sites is 1. The highest BCUT2D eigenvalue weighted by Gasteiger charge is 2.40. The molecule has 5 nitrogen and oxygen atoms in total. The number of β-lactam (4-membered cyclic amide) rings is 1. The predicted molar refractivity (Wildman–Crippen MR) is 86.1 cm³/mol. The van der Waals surface area contributed by atoms with E-state index in [0.29, 0.717) is 5.75 Å². The summed E-state index contributed by atoms with van der Waals surface area (Å²) in [5, 5.41) is 5.42. The molecule has 0 aliphatic carbocycles. The van der Waals surface area contributed by atoms with Crippen LogP contribution in [0.4, 0.5) is 0 Å². The van der Waals surface area contributed by atoms with E-state index < -0.39 is 6.04 Å². The van der Waals surface area contributed by atoms with Crippen LogP contribution in [0.2, 0.25) is 0 Å². The summed E-state index contributed by atoms with van der Waals surface area (Å²) in [6.07, 6.45) is 1.08. The highest BCUT2D eigenvalue weighted by atomic mass is 33.1. The lowest BCUT2D eigenvalue weighted by Crippen LogP contribution is -2.67. The van der Waals surface area contributed by atoms with Crippen LogP contribution >= 0.6 is 21.6 Å². The summed E-state index contributed by atoms with van der Waals surface area (Å²) in [6, 6.07) is 8.65. The molecule has 0 bridgehead atoms. The highest BCUT2D eigenvalue weighted by Crippen LogP contribution is 2.31. The van der Waals surface area contributed by atoms with Crippen LogP contribution in [0.15, 0.2) is 30.3 Å². The third-order valence-electron chi connectivity index (χ3n) is 2.76. The van der Waals surface area contributed by atoms with Crippen LogP contribution in [0.3, 0.4) is 0 Å². The molecule has 114 valence electrons. The van der Waals surface area contributed by atoms with Crippen LogP contribution in [0.5, 0.6) is 5.75 Å². The largest absolute Gasteiger partial charge is 0.484 e. The molecule has 0 radical (unpaired) electrons. The standard InChI is InChI=1S/C14H18N2O3S2/c1-2-8-20-21-14-12(13(18)16-14)15-11(17)9-19-10-6-4-3-5-7-10/h3-7,12,14H,2,8-9H2,1H3,(H,15,17)(H,16,18)/t12-,14-/m1/s1. The summed E-state index contributed by atoms with van der Waals surface area (Å²) < 4.78 is 5.35. The zero-order valence-corrected chi connectivity index (χ0v) is 13.3. The summed E-state index contributed by atoms with van der Waals surface area (Å²) in [7, 11) is 3.28. The molecule has 0 aromatic heterocycles. The van der Waals surface area contributed by atoms with Crippen molar-refractivity contribution in [1.82, 2.24) is 10.6 Å². The van der Waals surface area contributed by atoms with E-state index in [1.165, 1.54) is 0 Å². The van der Waals surface area contributed by atoms with Crippen LogP contribution in [0.1, 0.15) is 13.3 Å². The minimum Gasteiger partial charge on any atom is -0.484 e. The third-order valence-corrected chi connectivity index (χ3v) is 5.60. The summed E-state index contributed by atoms with van der Waals surface area (Å²) in [5.41, 5.74) is 0. The van der Waals surface area contributed by atoms with Gasteiger partial charge in [0.1, 0.15) is 17.2 Å². The number of ether oxygens (including phenoxy) is 1. The molecule has 1 aliphatic heterocycles. The lowest BCUT2D eigenvalue weighted by Gasteiger charge is -2.35. The fourth-order valence-electron chi connectivity index (χ4n) is 1.66. The number of amides is 2. The molecule has 0 spiro atoms. The fourth-order valence-corrected chi connectivity index (χ4v) is 4.24. The van der Waals surface area contributed by atoms with E-state index in [2.05, 4.69) is 17.6 Å². The Morgan fingerprint density at radius 3 is 2.81 bits per heavy atom. The van der Waals surface area contributed by atoms with Crippen molar-refractivity contribution in [3.8, 4) is 5.75 Å². The van der Waals surface area contributed by atoms with Gasteiger partial charge in [0.25, 0.3) is 5.91 Å². The van der Waals surface area contributed by atoms with Crippen molar-refractivity contribution >= 4 is 33.4 Å². The summed E-state index contributed by atoms with van der Waals surface area (Å²) in [4.78, 5) is 23.3. The van der Waals surface area contributed by atoms with Crippen molar-refractivity contribution in [3.63, 3.8) is 0 Å². The molecule has 21 heavy (non-hydrogen) atoms. The topological polar surface area (TPSA) is 67.4 Å². The van der Waals surface area contributed by atoms with E-state index in [4.69, 9.17) is 4.74 Å². The second-order valence-electron chi connectivity index (χ2n) is 4.49. The van der Waals surface area contributed by atoms with Gasteiger partial charge in [0.2, 0.25) is 5.91 Å². The van der Waals surface area contributed by atoms with Crippen LogP contribution in [-0.2, 0) is 9.59 Å². The monoisotopic (exact) mass is 326 g/mol. The van der Waals surface area contributed by atoms with E-state index in [0.717, 1.165) is 12.2 Å². The van der Waals surface area contributed by atoms with Gasteiger partial charge in [0.05, 0.1) is 0 Å². The van der Waals surface area contributed by atoms with E-state index in [1.54, 1.807) is 33.7 Å². The van der Waals surface area contributed by atoms with Gasteiger partial charge in [-0.1, -0.05) is 46.7 Å². The average Bonchev–Trinajstić information content (AvgIpc) is 2.51. The molecule has 1 aliphatic rings. The molecule has 0 saturated carbocycles. The first-order chi connectivity index (χ1) is 10.2. The molecule has 1 fully saturated rings. The summed E-state index contributed by atoms with van der Waals surface area (Å²) >= 11 is 0. The minimum atomic E-state index is -0.466. The van der Waals surface area contributed by atoms with Crippen molar-refractivity contribution in [2.24, 2.45) is 0 Å². The van der Waals surface area contributed by atoms with Crippen LogP contribution in [-0.4, -0.2) is 35.6 Å². The third kappa shape index (κ3) is 4.86. The molecule has 1 heterocycles. The summed E-state index contributed by atoms with van der Waals surface area (Å²) in [6.45, 7) is 2.01. The first kappa shape index (κ1) is 16.0. The Morgan fingerprint density at radius 1 is 1.38 bits per heavy atom. The van der Waals surface area contributed by atoms with E-state index in [1.807, 2.05) is 18.2 Å². The molecular formula is C14H18N2O3S2. The van der Waals surface area contributed by atoms with E-state index >= 15 is 0 Å². The Morgan fingerprint density at radius 2 is 2.14 bits per heavy atom. The molecule has 2 atom stereocenters. The second kappa shape index (κ2) is 8.19. The minimum absolute atomic E-state index is 0.0604. The number of benzene rings is 1. The van der Waals surface area contributed by atoms with E-state index in [9.17, 15) is 9.59 Å². The first-order valence-electron chi connectivity index (χ1n) is 6.76. The number of hydrogen-bond acceptors (Lipinski definition) is 5. The Balaban J connectivity index is 1.72. The fraction of sp³-hybridized carbons (Fsp3) is 0.429. The van der Waals surface area contributed by atoms with Gasteiger partial charge in [0.15, 0.2) is 6.61 Å². The van der Waals surface area contributed by atoms with Gasteiger partial charge < -0.3 is 15.4 Å². The normalized spacial score (nSPS) is 20.3.